The number of nitrogens with one attached hydrogen (secondary N) is 1. The smallest absolute Gasteiger partial charge is 0.326 e. The average molecular weight is 332 g/mol. The summed E-state index contributed by atoms with van der Waals surface area (Å²) in [6.45, 7) is 3.22. The van der Waals surface area contributed by atoms with E-state index in [1.807, 2.05) is 12.1 Å². The van der Waals surface area contributed by atoms with Crippen molar-refractivity contribution in [2.45, 2.75) is 45.1 Å². The van der Waals surface area contributed by atoms with Crippen LogP contribution in [0.4, 0.5) is 0 Å². The van der Waals surface area contributed by atoms with E-state index in [-0.39, 0.29) is 24.9 Å². The fraction of sp³-hybridized carbons (Fsp3) is 0.500. The Bertz CT molecular complexity index is 608. The third kappa shape index (κ3) is 4.34. The van der Waals surface area contributed by atoms with Crippen molar-refractivity contribution in [1.82, 2.24) is 10.2 Å². The molecule has 1 aromatic rings. The van der Waals surface area contributed by atoms with Gasteiger partial charge in [0.25, 0.3) is 5.91 Å². The van der Waals surface area contributed by atoms with Gasteiger partial charge < -0.3 is 15.3 Å². The minimum Gasteiger partial charge on any atom is -0.480 e. The lowest BCUT2D eigenvalue weighted by molar-refractivity contribution is -0.141. The van der Waals surface area contributed by atoms with E-state index in [2.05, 4.69) is 5.32 Å². The molecule has 0 spiro atoms. The van der Waals surface area contributed by atoms with E-state index in [0.29, 0.717) is 11.5 Å². The molecule has 2 amide bonds. The number of amides is 2. The van der Waals surface area contributed by atoms with E-state index in [1.54, 1.807) is 12.1 Å². The molecule has 0 radical (unpaired) electrons. The van der Waals surface area contributed by atoms with Crippen LogP contribution in [0.3, 0.4) is 0 Å². The number of carbonyl (C=O) groups is 3. The summed E-state index contributed by atoms with van der Waals surface area (Å²) >= 11 is 0. The maximum absolute atomic E-state index is 12.7. The molecule has 130 valence electrons. The minimum atomic E-state index is -1.07. The summed E-state index contributed by atoms with van der Waals surface area (Å²) in [6, 6.07) is 6.46. The first kappa shape index (κ1) is 18.0. The fourth-order valence-electron chi connectivity index (χ4n) is 2.76. The summed E-state index contributed by atoms with van der Waals surface area (Å²) in [5.74, 6) is -1.04. The molecule has 1 aliphatic rings. The summed E-state index contributed by atoms with van der Waals surface area (Å²) in [5.41, 5.74) is 1.70. The molecule has 1 aliphatic carbocycles. The summed E-state index contributed by atoms with van der Waals surface area (Å²) in [6.07, 6.45) is 3.62. The molecule has 6 heteroatoms. The highest BCUT2D eigenvalue weighted by Gasteiger charge is 2.26. The van der Waals surface area contributed by atoms with Crippen LogP contribution in [-0.4, -0.2) is 46.9 Å². The number of nitrogens with zero attached hydrogens (tertiary/aromatic N) is 1. The van der Waals surface area contributed by atoms with E-state index in [9.17, 15) is 19.5 Å². The maximum atomic E-state index is 12.7. The zero-order valence-electron chi connectivity index (χ0n) is 14.1. The Morgan fingerprint density at radius 2 is 1.88 bits per heavy atom. The van der Waals surface area contributed by atoms with Gasteiger partial charge in [-0.3, -0.25) is 9.59 Å². The van der Waals surface area contributed by atoms with Gasteiger partial charge in [0.1, 0.15) is 6.04 Å². The normalized spacial score (nSPS) is 15.2. The Kier molecular flexibility index (Phi) is 5.95. The molecule has 2 N–H and O–H groups in total. The molecule has 24 heavy (non-hydrogen) atoms. The van der Waals surface area contributed by atoms with Crippen LogP contribution in [0.2, 0.25) is 0 Å². The summed E-state index contributed by atoms with van der Waals surface area (Å²) in [5, 5.41) is 11.8. The maximum Gasteiger partial charge on any atom is 0.326 e. The number of aliphatic carboxylic acids is 1. The largest absolute Gasteiger partial charge is 0.480 e. The zero-order chi connectivity index (χ0) is 17.7. The van der Waals surface area contributed by atoms with Crippen molar-refractivity contribution in [1.29, 1.82) is 0 Å². The van der Waals surface area contributed by atoms with Crippen LogP contribution in [0.5, 0.6) is 0 Å². The van der Waals surface area contributed by atoms with Crippen LogP contribution < -0.4 is 5.32 Å². The first-order valence-corrected chi connectivity index (χ1v) is 8.28. The summed E-state index contributed by atoms with van der Waals surface area (Å²) < 4.78 is 0. The molecule has 6 nitrogen and oxygen atoms in total. The van der Waals surface area contributed by atoms with Gasteiger partial charge >= 0.3 is 5.97 Å². The van der Waals surface area contributed by atoms with E-state index in [1.165, 1.54) is 43.6 Å². The van der Waals surface area contributed by atoms with Crippen LogP contribution >= 0.6 is 0 Å². The predicted octanol–water partition coefficient (Wildman–Crippen LogP) is 2.01. The van der Waals surface area contributed by atoms with Gasteiger partial charge in [-0.25, -0.2) is 4.79 Å². The third-order valence-corrected chi connectivity index (χ3v) is 4.55. The van der Waals surface area contributed by atoms with Crippen molar-refractivity contribution in [3.63, 3.8) is 0 Å². The van der Waals surface area contributed by atoms with Crippen LogP contribution in [-0.2, 0) is 9.59 Å². The van der Waals surface area contributed by atoms with Crippen LogP contribution in [0.1, 0.15) is 54.9 Å². The van der Waals surface area contributed by atoms with E-state index in [0.717, 1.165) is 0 Å². The lowest BCUT2D eigenvalue weighted by Crippen LogP contribution is -2.46. The number of hydrogen-bond donors (Lipinski definition) is 2. The fourth-order valence-corrected chi connectivity index (χ4v) is 2.76. The highest BCUT2D eigenvalue weighted by atomic mass is 16.4. The first-order chi connectivity index (χ1) is 11.4. The number of hydrogen-bond acceptors (Lipinski definition) is 3. The molecule has 0 saturated heterocycles. The van der Waals surface area contributed by atoms with Gasteiger partial charge in [-0.1, -0.05) is 18.6 Å². The molecule has 1 saturated carbocycles. The van der Waals surface area contributed by atoms with Crippen molar-refractivity contribution in [2.75, 3.05) is 13.1 Å². The second kappa shape index (κ2) is 7.95. The molecule has 0 aromatic heterocycles. The number of benzene rings is 1. The zero-order valence-corrected chi connectivity index (χ0v) is 14.1. The molecule has 1 aromatic carbocycles. The van der Waals surface area contributed by atoms with E-state index < -0.39 is 12.0 Å². The monoisotopic (exact) mass is 332 g/mol. The molecule has 0 heterocycles. The van der Waals surface area contributed by atoms with Crippen molar-refractivity contribution in [3.8, 4) is 0 Å². The van der Waals surface area contributed by atoms with Crippen LogP contribution in [0.15, 0.2) is 24.3 Å². The van der Waals surface area contributed by atoms with Gasteiger partial charge in [0.05, 0.1) is 0 Å². The Balaban J connectivity index is 2.09. The molecule has 0 aliphatic heterocycles. The third-order valence-electron chi connectivity index (χ3n) is 4.55. The SMILES string of the molecule is CC(=O)NCCN(C(=O)c1ccc(C2CCC2)cc1)C(C)C(=O)O. The van der Waals surface area contributed by atoms with E-state index >= 15 is 0 Å². The predicted molar refractivity (Wildman–Crippen MR) is 89.9 cm³/mol. The lowest BCUT2D eigenvalue weighted by Gasteiger charge is -2.28. The second-order valence-corrected chi connectivity index (χ2v) is 6.25. The summed E-state index contributed by atoms with van der Waals surface area (Å²) in [7, 11) is 0. The van der Waals surface area contributed by atoms with Gasteiger partial charge in [-0.2, -0.15) is 0 Å². The van der Waals surface area contributed by atoms with Crippen LogP contribution in [0.25, 0.3) is 0 Å². The van der Waals surface area contributed by atoms with Crippen molar-refractivity contribution >= 4 is 17.8 Å². The van der Waals surface area contributed by atoms with Gasteiger partial charge in [0, 0.05) is 25.6 Å². The standard InChI is InChI=1S/C18H24N2O4/c1-12(18(23)24)20(11-10-19-13(2)21)17(22)16-8-6-15(7-9-16)14-4-3-5-14/h6-9,12,14H,3-5,10-11H2,1-2H3,(H,19,21)(H,23,24). The van der Waals surface area contributed by atoms with Gasteiger partial charge in [-0.05, 0) is 43.4 Å². The first-order valence-electron chi connectivity index (χ1n) is 8.28. The average Bonchev–Trinajstić information content (AvgIpc) is 2.49. The number of carboxylic acids is 1. The Morgan fingerprint density at radius 1 is 1.25 bits per heavy atom. The molecule has 2 rings (SSSR count). The Morgan fingerprint density at radius 3 is 2.33 bits per heavy atom. The molecular formula is C18H24N2O4. The number of carbonyl (C=O) groups excluding carboxylic acids is 2. The van der Waals surface area contributed by atoms with Crippen LogP contribution in [0, 0.1) is 0 Å². The quantitative estimate of drug-likeness (QED) is 0.799. The van der Waals surface area contributed by atoms with Gasteiger partial charge in [-0.15, -0.1) is 0 Å². The number of rotatable bonds is 7. The minimum absolute atomic E-state index is 0.149. The molecule has 1 unspecified atom stereocenters. The topological polar surface area (TPSA) is 86.7 Å². The van der Waals surface area contributed by atoms with E-state index in [4.69, 9.17) is 0 Å². The second-order valence-electron chi connectivity index (χ2n) is 6.25. The highest BCUT2D eigenvalue weighted by molar-refractivity contribution is 5.96. The Hall–Kier alpha value is -2.37. The Labute approximate surface area is 141 Å². The lowest BCUT2D eigenvalue weighted by atomic mass is 9.80. The van der Waals surface area contributed by atoms with Crippen molar-refractivity contribution < 1.29 is 19.5 Å². The molecular weight excluding hydrogens is 308 g/mol. The van der Waals surface area contributed by atoms with Crippen molar-refractivity contribution in [3.05, 3.63) is 35.4 Å². The molecule has 1 atom stereocenters. The molecule has 1 fully saturated rings. The molecule has 0 bridgehead atoms. The number of carboxylic acid groups (broad SMARTS) is 1. The highest BCUT2D eigenvalue weighted by Crippen LogP contribution is 2.36. The van der Waals surface area contributed by atoms with Gasteiger partial charge in [0.2, 0.25) is 5.91 Å². The van der Waals surface area contributed by atoms with Crippen molar-refractivity contribution in [2.24, 2.45) is 0 Å². The summed E-state index contributed by atoms with van der Waals surface area (Å²) in [4.78, 5) is 36.2. The van der Waals surface area contributed by atoms with Gasteiger partial charge in [0.15, 0.2) is 0 Å².